The Balaban J connectivity index is 0.00000196. The molecule has 1 aromatic rings. The van der Waals surface area contributed by atoms with Crippen LogP contribution in [0.25, 0.3) is 0 Å². The minimum atomic E-state index is -0.399. The minimum Gasteiger partial charge on any atom is -0.323 e. The Morgan fingerprint density at radius 2 is 2.21 bits per heavy atom. The van der Waals surface area contributed by atoms with Gasteiger partial charge in [-0.3, -0.25) is 4.79 Å². The number of halogens is 1. The summed E-state index contributed by atoms with van der Waals surface area (Å²) in [6.45, 7) is 3.74. The third kappa shape index (κ3) is 2.55. The number of hydrogen-bond acceptors (Lipinski definition) is 1. The van der Waals surface area contributed by atoms with E-state index < -0.39 is 5.82 Å². The molecule has 0 radical (unpaired) electrons. The van der Waals surface area contributed by atoms with Crippen molar-refractivity contribution in [2.24, 2.45) is 5.92 Å². The first kappa shape index (κ1) is 10.7. The summed E-state index contributed by atoms with van der Waals surface area (Å²) < 4.78 is 13.1. The first-order chi connectivity index (χ1) is 6.65. The summed E-state index contributed by atoms with van der Waals surface area (Å²) >= 11 is 0. The van der Waals surface area contributed by atoms with E-state index in [0.29, 0.717) is 0 Å². The van der Waals surface area contributed by atoms with Crippen molar-refractivity contribution >= 4 is 11.6 Å². The lowest BCUT2D eigenvalue weighted by atomic mass is 10.1. The molecule has 0 aliphatic carbocycles. The predicted molar refractivity (Wildman–Crippen MR) is 56.6 cm³/mol. The number of carbonyl (C=O) groups is 1. The molecule has 14 heavy (non-hydrogen) atoms. The van der Waals surface area contributed by atoms with E-state index in [1.54, 1.807) is 18.2 Å². The van der Waals surface area contributed by atoms with Crippen LogP contribution in [0.2, 0.25) is 0 Å². The van der Waals surface area contributed by atoms with Crippen molar-refractivity contribution in [2.75, 3.05) is 5.32 Å². The van der Waals surface area contributed by atoms with Crippen LogP contribution in [0.3, 0.4) is 0 Å². The number of rotatable bonds is 3. The number of para-hydroxylation sites is 1. The maximum absolute atomic E-state index is 13.1. The average Bonchev–Trinajstić information content (AvgIpc) is 2.20. The van der Waals surface area contributed by atoms with Gasteiger partial charge < -0.3 is 5.32 Å². The SMILES string of the molecule is CCC(C)C(=O)Nc1ccccc1F.[HH]. The molecule has 1 unspecified atom stereocenters. The van der Waals surface area contributed by atoms with Crippen molar-refractivity contribution in [1.82, 2.24) is 0 Å². The molecule has 1 aromatic carbocycles. The summed E-state index contributed by atoms with van der Waals surface area (Å²) in [5.41, 5.74) is 0.248. The highest BCUT2D eigenvalue weighted by Gasteiger charge is 2.11. The number of benzene rings is 1. The fourth-order valence-corrected chi connectivity index (χ4v) is 1.00. The number of amides is 1. The van der Waals surface area contributed by atoms with Crippen LogP contribution in [0.5, 0.6) is 0 Å². The van der Waals surface area contributed by atoms with Gasteiger partial charge in [-0.1, -0.05) is 26.0 Å². The van der Waals surface area contributed by atoms with Crippen molar-refractivity contribution in [3.8, 4) is 0 Å². The van der Waals surface area contributed by atoms with Gasteiger partial charge in [-0.25, -0.2) is 4.39 Å². The van der Waals surface area contributed by atoms with Crippen molar-refractivity contribution in [2.45, 2.75) is 20.3 Å². The molecule has 3 heteroatoms. The summed E-state index contributed by atoms with van der Waals surface area (Å²) in [5, 5.41) is 2.55. The molecule has 1 N–H and O–H groups in total. The largest absolute Gasteiger partial charge is 0.323 e. The second-order valence-electron chi connectivity index (χ2n) is 3.28. The molecular formula is C11H16FNO. The fraction of sp³-hybridized carbons (Fsp3) is 0.364. The molecule has 0 heterocycles. The van der Waals surface area contributed by atoms with Crippen molar-refractivity contribution in [1.29, 1.82) is 0 Å². The summed E-state index contributed by atoms with van der Waals surface area (Å²) in [4.78, 5) is 11.4. The van der Waals surface area contributed by atoms with Gasteiger partial charge in [0, 0.05) is 7.34 Å². The zero-order valence-corrected chi connectivity index (χ0v) is 8.38. The number of carbonyl (C=O) groups excluding carboxylic acids is 1. The maximum Gasteiger partial charge on any atom is 0.227 e. The van der Waals surface area contributed by atoms with Crippen LogP contribution in [0, 0.1) is 11.7 Å². The second kappa shape index (κ2) is 4.74. The van der Waals surface area contributed by atoms with E-state index in [2.05, 4.69) is 5.32 Å². The van der Waals surface area contributed by atoms with Gasteiger partial charge in [0.2, 0.25) is 5.91 Å². The van der Waals surface area contributed by atoms with Crippen molar-refractivity contribution in [3.63, 3.8) is 0 Å². The summed E-state index contributed by atoms with van der Waals surface area (Å²) in [6, 6.07) is 6.16. The Morgan fingerprint density at radius 1 is 1.57 bits per heavy atom. The molecule has 0 saturated heterocycles. The molecule has 1 rings (SSSR count). The molecular weight excluding hydrogens is 181 g/mol. The van der Waals surface area contributed by atoms with Crippen molar-refractivity contribution in [3.05, 3.63) is 30.1 Å². The highest BCUT2D eigenvalue weighted by molar-refractivity contribution is 5.92. The Kier molecular flexibility index (Phi) is 3.63. The molecule has 78 valence electrons. The van der Waals surface area contributed by atoms with Gasteiger partial charge in [0.1, 0.15) is 5.82 Å². The molecule has 0 aliphatic rings. The van der Waals surface area contributed by atoms with E-state index in [1.165, 1.54) is 6.07 Å². The number of nitrogens with one attached hydrogen (secondary N) is 1. The molecule has 0 spiro atoms. The number of anilines is 1. The summed E-state index contributed by atoms with van der Waals surface area (Å²) in [7, 11) is 0. The highest BCUT2D eigenvalue weighted by atomic mass is 19.1. The zero-order valence-electron chi connectivity index (χ0n) is 8.38. The first-order valence-electron chi connectivity index (χ1n) is 4.70. The van der Waals surface area contributed by atoms with Gasteiger partial charge in [0.05, 0.1) is 5.69 Å². The van der Waals surface area contributed by atoms with Gasteiger partial charge in [-0.05, 0) is 18.6 Å². The third-order valence-electron chi connectivity index (χ3n) is 2.19. The van der Waals surface area contributed by atoms with Gasteiger partial charge in [0.15, 0.2) is 0 Å². The van der Waals surface area contributed by atoms with Crippen LogP contribution < -0.4 is 5.32 Å². The molecule has 1 amide bonds. The highest BCUT2D eigenvalue weighted by Crippen LogP contribution is 2.14. The maximum atomic E-state index is 13.1. The average molecular weight is 197 g/mol. The lowest BCUT2D eigenvalue weighted by Crippen LogP contribution is -2.20. The van der Waals surface area contributed by atoms with Crippen LogP contribution in [0.1, 0.15) is 21.7 Å². The van der Waals surface area contributed by atoms with Crippen LogP contribution in [0.15, 0.2) is 24.3 Å². The second-order valence-corrected chi connectivity index (χ2v) is 3.28. The molecule has 0 fully saturated rings. The van der Waals surface area contributed by atoms with Crippen LogP contribution in [-0.4, -0.2) is 5.91 Å². The van der Waals surface area contributed by atoms with Gasteiger partial charge >= 0.3 is 0 Å². The first-order valence-corrected chi connectivity index (χ1v) is 4.70. The standard InChI is InChI=1S/C11H14FNO.H2/c1-3-8(2)11(14)13-10-7-5-4-6-9(10)12;/h4-8H,3H2,1-2H3,(H,13,14);1H. The fourth-order valence-electron chi connectivity index (χ4n) is 1.00. The normalized spacial score (nSPS) is 12.2. The van der Waals surface area contributed by atoms with E-state index >= 15 is 0 Å². The zero-order chi connectivity index (χ0) is 10.6. The Labute approximate surface area is 84.6 Å². The molecule has 1 atom stereocenters. The Hall–Kier alpha value is -1.38. The predicted octanol–water partition coefficient (Wildman–Crippen LogP) is 3.06. The lowest BCUT2D eigenvalue weighted by molar-refractivity contribution is -0.119. The van der Waals surface area contributed by atoms with Gasteiger partial charge in [-0.15, -0.1) is 0 Å². The smallest absolute Gasteiger partial charge is 0.227 e. The summed E-state index contributed by atoms with van der Waals surface area (Å²) in [6.07, 6.45) is 0.750. The van der Waals surface area contributed by atoms with Crippen LogP contribution in [0.4, 0.5) is 10.1 Å². The van der Waals surface area contributed by atoms with E-state index in [9.17, 15) is 9.18 Å². The third-order valence-corrected chi connectivity index (χ3v) is 2.19. The van der Waals surface area contributed by atoms with Crippen molar-refractivity contribution < 1.29 is 10.6 Å². The Bertz CT molecular complexity index is 330. The van der Waals surface area contributed by atoms with E-state index in [4.69, 9.17) is 0 Å². The molecule has 0 aliphatic heterocycles. The lowest BCUT2D eigenvalue weighted by Gasteiger charge is -2.10. The quantitative estimate of drug-likeness (QED) is 0.792. The topological polar surface area (TPSA) is 29.1 Å². The van der Waals surface area contributed by atoms with E-state index in [0.717, 1.165) is 6.42 Å². The molecule has 0 aromatic heterocycles. The Morgan fingerprint density at radius 3 is 2.79 bits per heavy atom. The van der Waals surface area contributed by atoms with E-state index in [1.807, 2.05) is 13.8 Å². The minimum absolute atomic E-state index is 0. The molecule has 2 nitrogen and oxygen atoms in total. The number of hydrogen-bond donors (Lipinski definition) is 1. The van der Waals surface area contributed by atoms with Crippen LogP contribution in [-0.2, 0) is 4.79 Å². The monoisotopic (exact) mass is 197 g/mol. The van der Waals surface area contributed by atoms with Gasteiger partial charge in [0.25, 0.3) is 0 Å². The van der Waals surface area contributed by atoms with Gasteiger partial charge in [-0.2, -0.15) is 0 Å². The molecule has 0 bridgehead atoms. The summed E-state index contributed by atoms with van der Waals surface area (Å²) in [5.74, 6) is -0.628. The van der Waals surface area contributed by atoms with E-state index in [-0.39, 0.29) is 18.9 Å². The van der Waals surface area contributed by atoms with Crippen LogP contribution >= 0.6 is 0 Å². The molecule has 0 saturated carbocycles.